The molecular weight excluding hydrogens is 316 g/mol. The van der Waals surface area contributed by atoms with Gasteiger partial charge in [-0.05, 0) is 23.3 Å². The van der Waals surface area contributed by atoms with E-state index < -0.39 is 16.1 Å². The summed E-state index contributed by atoms with van der Waals surface area (Å²) in [7, 11) is -2.54. The molecule has 0 fully saturated rings. The van der Waals surface area contributed by atoms with Gasteiger partial charge in [0.1, 0.15) is 0 Å². The van der Waals surface area contributed by atoms with Gasteiger partial charge in [-0.3, -0.25) is 0 Å². The fourth-order valence-electron chi connectivity index (χ4n) is 1.90. The Morgan fingerprint density at radius 1 is 1.00 bits per heavy atom. The van der Waals surface area contributed by atoms with Gasteiger partial charge in [-0.25, -0.2) is 17.9 Å². The Kier molecular flexibility index (Phi) is 5.72. The molecule has 0 radical (unpaired) electrons. The minimum atomic E-state index is -3.89. The summed E-state index contributed by atoms with van der Waals surface area (Å²) in [6, 6.07) is 15.2. The summed E-state index contributed by atoms with van der Waals surface area (Å²) in [6.45, 7) is 0.715. The number of carbonyl (C=O) groups is 1. The van der Waals surface area contributed by atoms with E-state index in [0.29, 0.717) is 12.2 Å². The molecule has 2 amide bonds. The molecule has 0 aliphatic heterocycles. The summed E-state index contributed by atoms with van der Waals surface area (Å²) in [5.74, 6) is 0. The van der Waals surface area contributed by atoms with Gasteiger partial charge in [-0.15, -0.1) is 0 Å². The second-order valence-electron chi connectivity index (χ2n) is 4.81. The molecule has 0 spiro atoms. The van der Waals surface area contributed by atoms with Gasteiger partial charge in [-0.1, -0.05) is 42.5 Å². The van der Waals surface area contributed by atoms with E-state index in [0.717, 1.165) is 5.56 Å². The molecule has 23 heavy (non-hydrogen) atoms. The van der Waals surface area contributed by atoms with Crippen molar-refractivity contribution < 1.29 is 17.9 Å². The molecule has 0 aliphatic carbocycles. The van der Waals surface area contributed by atoms with Crippen LogP contribution in [0.2, 0.25) is 0 Å². The van der Waals surface area contributed by atoms with E-state index in [9.17, 15) is 13.2 Å². The van der Waals surface area contributed by atoms with Crippen LogP contribution in [0.1, 0.15) is 11.1 Å². The van der Waals surface area contributed by atoms with E-state index >= 15 is 0 Å². The maximum Gasteiger partial charge on any atom is 0.328 e. The molecule has 0 unspecified atom stereocenters. The first-order chi connectivity index (χ1) is 11.0. The number of nitrogens with one attached hydrogen (secondary N) is 2. The van der Waals surface area contributed by atoms with Crippen LogP contribution in [-0.4, -0.2) is 21.5 Å². The lowest BCUT2D eigenvalue weighted by atomic mass is 10.2. The van der Waals surface area contributed by atoms with Gasteiger partial charge in [0.15, 0.2) is 0 Å². The Morgan fingerprint density at radius 2 is 1.65 bits per heavy atom. The summed E-state index contributed by atoms with van der Waals surface area (Å²) in [5.41, 5.74) is 1.75. The first kappa shape index (κ1) is 17.0. The van der Waals surface area contributed by atoms with Crippen LogP contribution in [0.25, 0.3) is 0 Å². The minimum absolute atomic E-state index is 0.0157. The first-order valence-electron chi connectivity index (χ1n) is 6.96. The third-order valence-corrected chi connectivity index (χ3v) is 4.37. The fourth-order valence-corrected chi connectivity index (χ4v) is 2.92. The van der Waals surface area contributed by atoms with Gasteiger partial charge in [0.25, 0.3) is 10.0 Å². The first-order valence-corrected chi connectivity index (χ1v) is 8.45. The number of ether oxygens (including phenoxy) is 1. The third kappa shape index (κ3) is 5.08. The molecular formula is C16H18N2O4S. The Morgan fingerprint density at radius 3 is 2.35 bits per heavy atom. The van der Waals surface area contributed by atoms with Crippen molar-refractivity contribution in [1.29, 1.82) is 0 Å². The van der Waals surface area contributed by atoms with E-state index in [4.69, 9.17) is 4.74 Å². The molecule has 2 N–H and O–H groups in total. The summed E-state index contributed by atoms with van der Waals surface area (Å²) in [4.78, 5) is 11.2. The second kappa shape index (κ2) is 7.75. The van der Waals surface area contributed by atoms with E-state index in [1.54, 1.807) is 12.1 Å². The van der Waals surface area contributed by atoms with Gasteiger partial charge in [-0.2, -0.15) is 0 Å². The van der Waals surface area contributed by atoms with Crippen LogP contribution in [0.15, 0.2) is 59.5 Å². The smallest absolute Gasteiger partial charge is 0.328 e. The van der Waals surface area contributed by atoms with Crippen LogP contribution in [0.5, 0.6) is 0 Å². The lowest BCUT2D eigenvalue weighted by molar-refractivity contribution is 0.107. The molecule has 122 valence electrons. The van der Waals surface area contributed by atoms with Crippen molar-refractivity contribution in [2.45, 2.75) is 18.1 Å². The zero-order valence-electron chi connectivity index (χ0n) is 12.7. The Hall–Kier alpha value is -2.38. The van der Waals surface area contributed by atoms with Crippen LogP contribution < -0.4 is 10.0 Å². The van der Waals surface area contributed by atoms with E-state index in [1.165, 1.54) is 19.2 Å². The fraction of sp³-hybridized carbons (Fsp3) is 0.188. The number of rotatable bonds is 6. The maximum absolute atomic E-state index is 12.0. The lowest BCUT2D eigenvalue weighted by Crippen LogP contribution is -2.37. The Balaban J connectivity index is 2.01. The zero-order chi connectivity index (χ0) is 16.7. The van der Waals surface area contributed by atoms with Crippen molar-refractivity contribution in [2.24, 2.45) is 0 Å². The number of amides is 2. The highest BCUT2D eigenvalue weighted by molar-refractivity contribution is 7.90. The number of hydrogen-bond donors (Lipinski definition) is 2. The summed E-state index contributed by atoms with van der Waals surface area (Å²) in [5, 5.41) is 2.20. The Labute approximate surface area is 135 Å². The standard InChI is InChI=1S/C16H18N2O4S/c1-17-16(19)18-23(20,21)15-9-5-8-14(10-15)12-22-11-13-6-3-2-4-7-13/h2-10H,11-12H2,1H3,(H2,17,18,19). The topological polar surface area (TPSA) is 84.5 Å². The highest BCUT2D eigenvalue weighted by Gasteiger charge is 2.16. The predicted octanol–water partition coefficient (Wildman–Crippen LogP) is 2.02. The summed E-state index contributed by atoms with van der Waals surface area (Å²) in [6.07, 6.45) is 0. The predicted molar refractivity (Wildman–Crippen MR) is 86.2 cm³/mol. The molecule has 0 aromatic heterocycles. The number of urea groups is 1. The largest absolute Gasteiger partial charge is 0.372 e. The zero-order valence-corrected chi connectivity index (χ0v) is 13.5. The van der Waals surface area contributed by atoms with Crippen molar-refractivity contribution in [2.75, 3.05) is 7.05 Å². The second-order valence-corrected chi connectivity index (χ2v) is 6.49. The van der Waals surface area contributed by atoms with Gasteiger partial charge >= 0.3 is 6.03 Å². The highest BCUT2D eigenvalue weighted by Crippen LogP contribution is 2.13. The normalized spacial score (nSPS) is 11.0. The van der Waals surface area contributed by atoms with Crippen LogP contribution in [-0.2, 0) is 28.0 Å². The molecule has 0 saturated heterocycles. The van der Waals surface area contributed by atoms with E-state index in [-0.39, 0.29) is 11.5 Å². The maximum atomic E-state index is 12.0. The third-order valence-electron chi connectivity index (χ3n) is 3.04. The lowest BCUT2D eigenvalue weighted by Gasteiger charge is -2.09. The van der Waals surface area contributed by atoms with Gasteiger partial charge in [0.05, 0.1) is 18.1 Å². The molecule has 7 heteroatoms. The molecule has 0 heterocycles. The summed E-state index contributed by atoms with van der Waals surface area (Å²) >= 11 is 0. The van der Waals surface area contributed by atoms with Gasteiger partial charge in [0.2, 0.25) is 0 Å². The average molecular weight is 334 g/mol. The molecule has 2 rings (SSSR count). The van der Waals surface area contributed by atoms with E-state index in [2.05, 4.69) is 5.32 Å². The molecule has 0 atom stereocenters. The van der Waals surface area contributed by atoms with Crippen molar-refractivity contribution in [3.63, 3.8) is 0 Å². The molecule has 0 aliphatic rings. The van der Waals surface area contributed by atoms with Crippen molar-refractivity contribution in [3.05, 3.63) is 65.7 Å². The monoisotopic (exact) mass is 334 g/mol. The van der Waals surface area contributed by atoms with Crippen LogP contribution in [0.4, 0.5) is 4.79 Å². The SMILES string of the molecule is CNC(=O)NS(=O)(=O)c1cccc(COCc2ccccc2)c1. The molecule has 0 saturated carbocycles. The van der Waals surface area contributed by atoms with E-state index in [1.807, 2.05) is 35.1 Å². The molecule has 0 bridgehead atoms. The van der Waals surface area contributed by atoms with Crippen LogP contribution >= 0.6 is 0 Å². The Bertz CT molecular complexity index is 761. The molecule has 6 nitrogen and oxygen atoms in total. The van der Waals surface area contributed by atoms with Crippen LogP contribution in [0, 0.1) is 0 Å². The van der Waals surface area contributed by atoms with Gasteiger partial charge < -0.3 is 10.1 Å². The van der Waals surface area contributed by atoms with Crippen LogP contribution in [0.3, 0.4) is 0 Å². The van der Waals surface area contributed by atoms with Crippen molar-refractivity contribution in [1.82, 2.24) is 10.0 Å². The molecule has 2 aromatic rings. The minimum Gasteiger partial charge on any atom is -0.372 e. The number of hydrogen-bond acceptors (Lipinski definition) is 4. The quantitative estimate of drug-likeness (QED) is 0.846. The van der Waals surface area contributed by atoms with Crippen molar-refractivity contribution >= 4 is 16.1 Å². The van der Waals surface area contributed by atoms with Gasteiger partial charge in [0, 0.05) is 7.05 Å². The summed E-state index contributed by atoms with van der Waals surface area (Å²) < 4.78 is 31.6. The van der Waals surface area contributed by atoms with Crippen molar-refractivity contribution in [3.8, 4) is 0 Å². The molecule has 2 aromatic carbocycles. The number of sulfonamides is 1. The average Bonchev–Trinajstić information content (AvgIpc) is 2.56. The number of carbonyl (C=O) groups excluding carboxylic acids is 1. The highest BCUT2D eigenvalue weighted by atomic mass is 32.2. The number of benzene rings is 2.